The predicted molar refractivity (Wildman–Crippen MR) is 88.8 cm³/mol. The van der Waals surface area contributed by atoms with Crippen molar-refractivity contribution in [3.8, 4) is 5.75 Å². The molecule has 0 radical (unpaired) electrons. The molecule has 0 bridgehead atoms. The molecule has 0 aliphatic carbocycles. The van der Waals surface area contributed by atoms with Gasteiger partial charge < -0.3 is 14.5 Å². The molecule has 0 saturated carbocycles. The van der Waals surface area contributed by atoms with Gasteiger partial charge in [-0.25, -0.2) is 0 Å². The molecule has 2 aromatic rings. The van der Waals surface area contributed by atoms with Gasteiger partial charge in [0.25, 0.3) is 0 Å². The number of hydrogen-bond donors (Lipinski definition) is 0. The van der Waals surface area contributed by atoms with E-state index in [9.17, 15) is 0 Å². The number of benzene rings is 2. The number of ether oxygens (including phenoxy) is 1. The van der Waals surface area contributed by atoms with Gasteiger partial charge in [0.2, 0.25) is 0 Å². The van der Waals surface area contributed by atoms with E-state index in [0.717, 1.165) is 30.4 Å². The third kappa shape index (κ3) is 2.93. The van der Waals surface area contributed by atoms with Gasteiger partial charge in [-0.15, -0.1) is 0 Å². The van der Waals surface area contributed by atoms with Crippen LogP contribution in [-0.2, 0) is 6.54 Å². The average Bonchev–Trinajstić information content (AvgIpc) is 2.66. The molecule has 0 atom stereocenters. The van der Waals surface area contributed by atoms with Gasteiger partial charge in [-0.05, 0) is 48.0 Å². The summed E-state index contributed by atoms with van der Waals surface area (Å²) >= 11 is 6.16. The topological polar surface area (TPSA) is 15.7 Å². The summed E-state index contributed by atoms with van der Waals surface area (Å²) in [7, 11) is 3.82. The first-order chi connectivity index (χ1) is 10.2. The maximum Gasteiger partial charge on any atom is 0.119 e. The fraction of sp³-hybridized carbons (Fsp3) is 0.294. The molecule has 0 fully saturated rings. The molecular weight excluding hydrogens is 284 g/mol. The normalized spacial score (nSPS) is 14.6. The highest BCUT2D eigenvalue weighted by Gasteiger charge is 2.18. The Morgan fingerprint density at radius 1 is 1.05 bits per heavy atom. The van der Waals surface area contributed by atoms with Gasteiger partial charge in [-0.2, -0.15) is 0 Å². The molecule has 0 aromatic heterocycles. The van der Waals surface area contributed by atoms with Crippen LogP contribution in [0.25, 0.3) is 0 Å². The molecule has 1 aliphatic rings. The molecule has 3 nitrogen and oxygen atoms in total. The number of halogens is 1. The molecule has 110 valence electrons. The molecule has 4 heteroatoms. The molecule has 0 N–H and O–H groups in total. The minimum atomic E-state index is 0.790. The maximum absolute atomic E-state index is 6.16. The van der Waals surface area contributed by atoms with Crippen molar-refractivity contribution in [1.29, 1.82) is 0 Å². The van der Waals surface area contributed by atoms with Crippen LogP contribution in [-0.4, -0.2) is 27.2 Å². The van der Waals surface area contributed by atoms with Crippen molar-refractivity contribution in [2.24, 2.45) is 0 Å². The molecule has 0 spiro atoms. The molecule has 1 aliphatic heterocycles. The Kier molecular flexibility index (Phi) is 3.93. The van der Waals surface area contributed by atoms with Crippen LogP contribution in [0.15, 0.2) is 42.5 Å². The van der Waals surface area contributed by atoms with Gasteiger partial charge >= 0.3 is 0 Å². The number of anilines is 2. The summed E-state index contributed by atoms with van der Waals surface area (Å²) in [5, 5.41) is 0.790. The Morgan fingerprint density at radius 3 is 2.52 bits per heavy atom. The van der Waals surface area contributed by atoms with Crippen LogP contribution in [0.1, 0.15) is 5.56 Å². The van der Waals surface area contributed by atoms with Crippen LogP contribution in [0, 0.1) is 0 Å². The number of nitrogens with zero attached hydrogens (tertiary/aromatic N) is 2. The summed E-state index contributed by atoms with van der Waals surface area (Å²) in [6, 6.07) is 14.3. The Bertz CT molecular complexity index is 627. The van der Waals surface area contributed by atoms with Gasteiger partial charge in [0, 0.05) is 43.1 Å². The quantitative estimate of drug-likeness (QED) is 0.839. The van der Waals surface area contributed by atoms with E-state index in [-0.39, 0.29) is 0 Å². The lowest BCUT2D eigenvalue weighted by atomic mass is 10.1. The Labute approximate surface area is 130 Å². The second-order valence-electron chi connectivity index (χ2n) is 5.31. The molecule has 1 heterocycles. The zero-order valence-electron chi connectivity index (χ0n) is 12.3. The van der Waals surface area contributed by atoms with Crippen molar-refractivity contribution in [3.05, 3.63) is 53.1 Å². The number of rotatable bonds is 2. The maximum atomic E-state index is 6.16. The number of methoxy groups -OCH3 is 1. The molecular formula is C17H19ClN2O. The lowest BCUT2D eigenvalue weighted by molar-refractivity contribution is 0.415. The second kappa shape index (κ2) is 5.86. The van der Waals surface area contributed by atoms with Crippen molar-refractivity contribution in [1.82, 2.24) is 0 Å². The van der Waals surface area contributed by atoms with Crippen LogP contribution >= 0.6 is 11.6 Å². The second-order valence-corrected chi connectivity index (χ2v) is 5.75. The highest BCUT2D eigenvalue weighted by Crippen LogP contribution is 2.30. The summed E-state index contributed by atoms with van der Waals surface area (Å²) in [6.07, 6.45) is 0. The standard InChI is InChI=1S/C17H19ClN2O/c1-19-9-10-20(15-4-6-16(21-2)7-5-15)12-13-11-14(18)3-8-17(13)19/h3-8,11H,9-10,12H2,1-2H3. The number of fused-ring (bicyclic) bond motifs is 1. The van der Waals surface area contributed by atoms with Crippen LogP contribution < -0.4 is 14.5 Å². The molecule has 2 aromatic carbocycles. The zero-order valence-corrected chi connectivity index (χ0v) is 13.1. The highest BCUT2D eigenvalue weighted by atomic mass is 35.5. The summed E-state index contributed by atoms with van der Waals surface area (Å²) < 4.78 is 5.23. The SMILES string of the molecule is COc1ccc(N2CCN(C)c3ccc(Cl)cc3C2)cc1. The minimum Gasteiger partial charge on any atom is -0.497 e. The van der Waals surface area contributed by atoms with E-state index in [4.69, 9.17) is 16.3 Å². The summed E-state index contributed by atoms with van der Waals surface area (Å²) in [4.78, 5) is 4.66. The first kappa shape index (κ1) is 14.1. The van der Waals surface area contributed by atoms with Gasteiger partial charge in [0.15, 0.2) is 0 Å². The minimum absolute atomic E-state index is 0.790. The van der Waals surface area contributed by atoms with E-state index in [1.807, 2.05) is 18.2 Å². The number of likely N-dealkylation sites (N-methyl/N-ethyl adjacent to an activating group) is 1. The predicted octanol–water partition coefficient (Wildman–Crippen LogP) is 3.81. The van der Waals surface area contributed by atoms with Crippen LogP contribution in [0.3, 0.4) is 0 Å². The largest absolute Gasteiger partial charge is 0.497 e. The molecule has 21 heavy (non-hydrogen) atoms. The summed E-state index contributed by atoms with van der Waals surface area (Å²) in [6.45, 7) is 2.84. The first-order valence-electron chi connectivity index (χ1n) is 7.06. The van der Waals surface area contributed by atoms with Crippen LogP contribution in [0.4, 0.5) is 11.4 Å². The van der Waals surface area contributed by atoms with E-state index in [1.54, 1.807) is 7.11 Å². The van der Waals surface area contributed by atoms with Crippen molar-refractivity contribution in [3.63, 3.8) is 0 Å². The third-order valence-electron chi connectivity index (χ3n) is 3.96. The van der Waals surface area contributed by atoms with Crippen molar-refractivity contribution < 1.29 is 4.74 Å². The van der Waals surface area contributed by atoms with Gasteiger partial charge in [-0.3, -0.25) is 0 Å². The summed E-state index contributed by atoms with van der Waals surface area (Å²) in [5.41, 5.74) is 3.73. The third-order valence-corrected chi connectivity index (χ3v) is 4.19. The molecule has 0 saturated heterocycles. The fourth-order valence-electron chi connectivity index (χ4n) is 2.74. The zero-order chi connectivity index (χ0) is 14.8. The molecule has 0 amide bonds. The molecule has 0 unspecified atom stereocenters. The van der Waals surface area contributed by atoms with Gasteiger partial charge in [-0.1, -0.05) is 11.6 Å². The van der Waals surface area contributed by atoms with Gasteiger partial charge in [0.1, 0.15) is 5.75 Å². The number of hydrogen-bond acceptors (Lipinski definition) is 3. The lowest BCUT2D eigenvalue weighted by Crippen LogP contribution is -2.28. The Hall–Kier alpha value is -1.87. The van der Waals surface area contributed by atoms with E-state index in [1.165, 1.54) is 16.9 Å². The Morgan fingerprint density at radius 2 is 1.81 bits per heavy atom. The van der Waals surface area contributed by atoms with E-state index in [2.05, 4.69) is 41.1 Å². The van der Waals surface area contributed by atoms with E-state index >= 15 is 0 Å². The lowest BCUT2D eigenvalue weighted by Gasteiger charge is -2.23. The van der Waals surface area contributed by atoms with Crippen molar-refractivity contribution in [2.45, 2.75) is 6.54 Å². The van der Waals surface area contributed by atoms with Crippen molar-refractivity contribution >= 4 is 23.0 Å². The average molecular weight is 303 g/mol. The highest BCUT2D eigenvalue weighted by molar-refractivity contribution is 6.30. The smallest absolute Gasteiger partial charge is 0.119 e. The van der Waals surface area contributed by atoms with Crippen LogP contribution in [0.2, 0.25) is 5.02 Å². The molecule has 3 rings (SSSR count). The van der Waals surface area contributed by atoms with E-state index in [0.29, 0.717) is 0 Å². The van der Waals surface area contributed by atoms with E-state index < -0.39 is 0 Å². The van der Waals surface area contributed by atoms with Crippen molar-refractivity contribution in [2.75, 3.05) is 37.0 Å². The Balaban J connectivity index is 1.91. The first-order valence-corrected chi connectivity index (χ1v) is 7.44. The summed E-state index contributed by atoms with van der Waals surface area (Å²) in [5.74, 6) is 0.883. The van der Waals surface area contributed by atoms with Crippen LogP contribution in [0.5, 0.6) is 5.75 Å². The van der Waals surface area contributed by atoms with Gasteiger partial charge in [0.05, 0.1) is 7.11 Å². The fourth-order valence-corrected chi connectivity index (χ4v) is 2.94. The monoisotopic (exact) mass is 302 g/mol.